The first-order chi connectivity index (χ1) is 8.01. The van der Waals surface area contributed by atoms with Gasteiger partial charge in [-0.15, -0.1) is 0 Å². The molecule has 6 heteroatoms. The minimum atomic E-state index is -3.26. The van der Waals surface area contributed by atoms with Crippen molar-refractivity contribution in [2.75, 3.05) is 19.6 Å². The van der Waals surface area contributed by atoms with E-state index in [2.05, 4.69) is 11.6 Å². The Morgan fingerprint density at radius 3 is 2.35 bits per heavy atom. The highest BCUT2D eigenvalue weighted by atomic mass is 32.2. The maximum absolute atomic E-state index is 12.1. The molecule has 2 fully saturated rings. The van der Waals surface area contributed by atoms with Crippen LogP contribution in [0.3, 0.4) is 0 Å². The van der Waals surface area contributed by atoms with Crippen LogP contribution in [0.5, 0.6) is 0 Å². The summed E-state index contributed by atoms with van der Waals surface area (Å²) >= 11 is 0. The monoisotopic (exact) mass is 261 g/mol. The van der Waals surface area contributed by atoms with Crippen LogP contribution >= 0.6 is 0 Å². The van der Waals surface area contributed by atoms with Crippen molar-refractivity contribution >= 4 is 10.2 Å². The summed E-state index contributed by atoms with van der Waals surface area (Å²) in [5.41, 5.74) is 5.60. The van der Waals surface area contributed by atoms with Gasteiger partial charge in [0.05, 0.1) is 0 Å². The van der Waals surface area contributed by atoms with Gasteiger partial charge in [-0.25, -0.2) is 0 Å². The van der Waals surface area contributed by atoms with Gasteiger partial charge in [0, 0.05) is 19.1 Å². The third-order valence-electron chi connectivity index (χ3n) is 3.94. The SMILES string of the molecule is CC1CC(NS(=O)(=O)N2CCC(CN)CC2)C1. The van der Waals surface area contributed by atoms with Crippen molar-refractivity contribution in [2.45, 2.75) is 38.6 Å². The molecular weight excluding hydrogens is 238 g/mol. The van der Waals surface area contributed by atoms with E-state index in [4.69, 9.17) is 5.73 Å². The van der Waals surface area contributed by atoms with Crippen molar-refractivity contribution < 1.29 is 8.42 Å². The normalized spacial score (nSPS) is 32.4. The fourth-order valence-corrected chi connectivity index (χ4v) is 4.12. The van der Waals surface area contributed by atoms with E-state index in [0.29, 0.717) is 31.5 Å². The molecule has 0 unspecified atom stereocenters. The predicted octanol–water partition coefficient (Wildman–Crippen LogP) is 0.290. The first-order valence-corrected chi connectivity index (χ1v) is 7.92. The Balaban J connectivity index is 1.84. The molecular formula is C11H23N3O2S. The molecule has 0 radical (unpaired) electrons. The Bertz CT molecular complexity index is 344. The summed E-state index contributed by atoms with van der Waals surface area (Å²) in [6.45, 7) is 4.04. The molecule has 0 bridgehead atoms. The van der Waals surface area contributed by atoms with Crippen molar-refractivity contribution in [1.82, 2.24) is 9.03 Å². The Morgan fingerprint density at radius 1 is 1.29 bits per heavy atom. The second-order valence-corrected chi connectivity index (χ2v) is 7.18. The van der Waals surface area contributed by atoms with E-state index in [1.807, 2.05) is 0 Å². The van der Waals surface area contributed by atoms with E-state index in [1.54, 1.807) is 4.31 Å². The molecule has 17 heavy (non-hydrogen) atoms. The topological polar surface area (TPSA) is 75.4 Å². The maximum atomic E-state index is 12.1. The van der Waals surface area contributed by atoms with Crippen LogP contribution in [-0.4, -0.2) is 38.4 Å². The average molecular weight is 261 g/mol. The Labute approximate surface area is 104 Å². The van der Waals surface area contributed by atoms with E-state index in [-0.39, 0.29) is 6.04 Å². The zero-order chi connectivity index (χ0) is 12.5. The van der Waals surface area contributed by atoms with Crippen LogP contribution in [0, 0.1) is 11.8 Å². The van der Waals surface area contributed by atoms with Crippen molar-refractivity contribution in [3.8, 4) is 0 Å². The lowest BCUT2D eigenvalue weighted by Gasteiger charge is -2.36. The molecule has 0 atom stereocenters. The van der Waals surface area contributed by atoms with Crippen molar-refractivity contribution in [2.24, 2.45) is 17.6 Å². The van der Waals surface area contributed by atoms with Gasteiger partial charge in [0.1, 0.15) is 0 Å². The van der Waals surface area contributed by atoms with Gasteiger partial charge in [0.15, 0.2) is 0 Å². The summed E-state index contributed by atoms with van der Waals surface area (Å²) in [4.78, 5) is 0. The summed E-state index contributed by atoms with van der Waals surface area (Å²) in [7, 11) is -3.26. The molecule has 2 aliphatic rings. The van der Waals surface area contributed by atoms with Crippen LogP contribution in [0.4, 0.5) is 0 Å². The van der Waals surface area contributed by atoms with Gasteiger partial charge >= 0.3 is 0 Å². The minimum absolute atomic E-state index is 0.155. The number of hydrogen-bond acceptors (Lipinski definition) is 3. The summed E-state index contributed by atoms with van der Waals surface area (Å²) in [6.07, 6.45) is 3.72. The highest BCUT2D eigenvalue weighted by Gasteiger charge is 2.33. The first-order valence-electron chi connectivity index (χ1n) is 6.48. The third-order valence-corrected chi connectivity index (χ3v) is 5.61. The highest BCUT2D eigenvalue weighted by Crippen LogP contribution is 2.27. The van der Waals surface area contributed by atoms with Gasteiger partial charge in [-0.1, -0.05) is 6.92 Å². The smallest absolute Gasteiger partial charge is 0.279 e. The van der Waals surface area contributed by atoms with E-state index in [9.17, 15) is 8.42 Å². The average Bonchev–Trinajstić information content (AvgIpc) is 2.27. The fraction of sp³-hybridized carbons (Fsp3) is 1.00. The highest BCUT2D eigenvalue weighted by molar-refractivity contribution is 7.87. The van der Waals surface area contributed by atoms with E-state index >= 15 is 0 Å². The van der Waals surface area contributed by atoms with Crippen LogP contribution in [0.15, 0.2) is 0 Å². The number of nitrogens with zero attached hydrogens (tertiary/aromatic N) is 1. The number of piperidine rings is 1. The Kier molecular flexibility index (Phi) is 4.07. The van der Waals surface area contributed by atoms with Crippen LogP contribution < -0.4 is 10.5 Å². The molecule has 1 aliphatic heterocycles. The van der Waals surface area contributed by atoms with Gasteiger partial charge < -0.3 is 5.73 Å². The van der Waals surface area contributed by atoms with Gasteiger partial charge in [-0.3, -0.25) is 0 Å². The summed E-state index contributed by atoms with van der Waals surface area (Å²) in [5.74, 6) is 1.15. The lowest BCUT2D eigenvalue weighted by molar-refractivity contribution is 0.247. The molecule has 0 aromatic heterocycles. The first kappa shape index (κ1) is 13.3. The van der Waals surface area contributed by atoms with Crippen LogP contribution in [0.2, 0.25) is 0 Å². The maximum Gasteiger partial charge on any atom is 0.279 e. The molecule has 1 saturated carbocycles. The molecule has 1 heterocycles. The molecule has 0 aromatic carbocycles. The Morgan fingerprint density at radius 2 is 1.88 bits per heavy atom. The molecule has 2 rings (SSSR count). The third kappa shape index (κ3) is 3.19. The minimum Gasteiger partial charge on any atom is -0.330 e. The van der Waals surface area contributed by atoms with E-state index in [0.717, 1.165) is 25.7 Å². The van der Waals surface area contributed by atoms with E-state index < -0.39 is 10.2 Å². The van der Waals surface area contributed by atoms with E-state index in [1.165, 1.54) is 0 Å². The Hall–Kier alpha value is -0.170. The molecule has 1 saturated heterocycles. The summed E-state index contributed by atoms with van der Waals surface area (Å²) in [5, 5.41) is 0. The number of nitrogens with one attached hydrogen (secondary N) is 1. The van der Waals surface area contributed by atoms with Gasteiger partial charge in [0.25, 0.3) is 10.2 Å². The zero-order valence-corrected chi connectivity index (χ0v) is 11.2. The molecule has 1 aliphatic carbocycles. The van der Waals surface area contributed by atoms with Crippen LogP contribution in [0.25, 0.3) is 0 Å². The molecule has 0 amide bonds. The summed E-state index contributed by atoms with van der Waals surface area (Å²) in [6, 6.07) is 0.155. The largest absolute Gasteiger partial charge is 0.330 e. The molecule has 0 spiro atoms. The van der Waals surface area contributed by atoms with Gasteiger partial charge in [-0.2, -0.15) is 17.4 Å². The second kappa shape index (κ2) is 5.22. The fourth-order valence-electron chi connectivity index (χ4n) is 2.67. The lowest BCUT2D eigenvalue weighted by atomic mass is 9.83. The lowest BCUT2D eigenvalue weighted by Crippen LogP contribution is -2.51. The standard InChI is InChI=1S/C11H23N3O2S/c1-9-6-11(7-9)13-17(15,16)14-4-2-10(8-12)3-5-14/h9-11,13H,2-8,12H2,1H3. The summed E-state index contributed by atoms with van der Waals surface area (Å²) < 4.78 is 28.5. The molecule has 100 valence electrons. The van der Waals surface area contributed by atoms with Crippen molar-refractivity contribution in [3.05, 3.63) is 0 Å². The van der Waals surface area contributed by atoms with Crippen molar-refractivity contribution in [3.63, 3.8) is 0 Å². The molecule has 0 aromatic rings. The molecule has 5 nitrogen and oxygen atoms in total. The predicted molar refractivity (Wildman–Crippen MR) is 67.6 cm³/mol. The molecule has 3 N–H and O–H groups in total. The van der Waals surface area contributed by atoms with Gasteiger partial charge in [0.2, 0.25) is 0 Å². The second-order valence-electron chi connectivity index (χ2n) is 5.47. The number of rotatable bonds is 4. The van der Waals surface area contributed by atoms with Crippen LogP contribution in [0.1, 0.15) is 32.6 Å². The van der Waals surface area contributed by atoms with Crippen LogP contribution in [-0.2, 0) is 10.2 Å². The zero-order valence-electron chi connectivity index (χ0n) is 10.4. The van der Waals surface area contributed by atoms with Gasteiger partial charge in [-0.05, 0) is 44.1 Å². The number of hydrogen-bond donors (Lipinski definition) is 2. The van der Waals surface area contributed by atoms with Crippen molar-refractivity contribution in [1.29, 1.82) is 0 Å². The quantitative estimate of drug-likeness (QED) is 0.764. The number of nitrogens with two attached hydrogens (primary N) is 1.